The van der Waals surface area contributed by atoms with Crippen LogP contribution in [-0.4, -0.2) is 36.9 Å². The number of carbonyl (C=O) groups excluding carboxylic acids is 2. The smallest absolute Gasteiger partial charge is 0.338 e. The molecule has 30 heavy (non-hydrogen) atoms. The van der Waals surface area contributed by atoms with Crippen LogP contribution in [0, 0.1) is 5.41 Å². The zero-order chi connectivity index (χ0) is 22.6. The molecule has 0 aromatic heterocycles. The van der Waals surface area contributed by atoms with Crippen LogP contribution in [0.4, 0.5) is 0 Å². The van der Waals surface area contributed by atoms with Crippen LogP contribution in [0.2, 0.25) is 0 Å². The lowest BCUT2D eigenvalue weighted by molar-refractivity contribution is -0.149. The molecule has 0 bridgehead atoms. The van der Waals surface area contributed by atoms with Gasteiger partial charge in [-0.05, 0) is 29.5 Å². The second kappa shape index (κ2) is 12.7. The molecule has 1 aromatic carbocycles. The van der Waals surface area contributed by atoms with Gasteiger partial charge in [-0.2, -0.15) is 0 Å². The number of unbranched alkanes of at least 4 members (excludes halogenated alkanes) is 5. The Hall–Kier alpha value is -1.88. The Morgan fingerprint density at radius 3 is 2.00 bits per heavy atom. The van der Waals surface area contributed by atoms with Gasteiger partial charge >= 0.3 is 11.9 Å². The summed E-state index contributed by atoms with van der Waals surface area (Å²) in [5, 5.41) is 9.72. The van der Waals surface area contributed by atoms with E-state index < -0.39 is 11.4 Å². The van der Waals surface area contributed by atoms with E-state index in [1.165, 1.54) is 19.3 Å². The first-order chi connectivity index (χ1) is 14.1. The van der Waals surface area contributed by atoms with Crippen LogP contribution in [0.3, 0.4) is 0 Å². The molecule has 0 aliphatic heterocycles. The molecule has 1 unspecified atom stereocenters. The molecule has 1 rings (SSSR count). The minimum Gasteiger partial charge on any atom is -0.465 e. The molecule has 0 radical (unpaired) electrons. The van der Waals surface area contributed by atoms with E-state index in [1.54, 1.807) is 19.1 Å². The number of hydrogen-bond acceptors (Lipinski definition) is 5. The van der Waals surface area contributed by atoms with Crippen LogP contribution in [0.25, 0.3) is 0 Å². The fourth-order valence-corrected chi connectivity index (χ4v) is 2.94. The minimum absolute atomic E-state index is 0.0112. The Balaban J connectivity index is 2.42. The van der Waals surface area contributed by atoms with E-state index in [0.717, 1.165) is 24.8 Å². The largest absolute Gasteiger partial charge is 0.465 e. The molecule has 5 heteroatoms. The van der Waals surface area contributed by atoms with E-state index in [0.29, 0.717) is 12.0 Å². The van der Waals surface area contributed by atoms with Crippen molar-refractivity contribution in [3.05, 3.63) is 35.4 Å². The van der Waals surface area contributed by atoms with Crippen molar-refractivity contribution in [2.24, 2.45) is 5.41 Å². The first-order valence-corrected chi connectivity index (χ1v) is 11.2. The molecule has 0 fully saturated rings. The maximum atomic E-state index is 12.3. The van der Waals surface area contributed by atoms with E-state index in [-0.39, 0.29) is 31.2 Å². The molecular weight excluding hydrogens is 380 g/mol. The summed E-state index contributed by atoms with van der Waals surface area (Å²) in [6, 6.07) is 7.34. The Morgan fingerprint density at radius 2 is 1.43 bits per heavy atom. The van der Waals surface area contributed by atoms with E-state index >= 15 is 0 Å². The number of aliphatic hydroxyl groups is 1. The maximum Gasteiger partial charge on any atom is 0.338 e. The van der Waals surface area contributed by atoms with Crippen molar-refractivity contribution in [3.8, 4) is 0 Å². The Kier molecular flexibility index (Phi) is 11.1. The van der Waals surface area contributed by atoms with Crippen molar-refractivity contribution in [1.29, 1.82) is 0 Å². The van der Waals surface area contributed by atoms with Crippen LogP contribution in [-0.2, 0) is 19.7 Å². The predicted molar refractivity (Wildman–Crippen MR) is 120 cm³/mol. The second-order valence-electron chi connectivity index (χ2n) is 9.55. The molecule has 1 aromatic rings. The molecule has 0 saturated carbocycles. The number of aliphatic hydroxyl groups excluding tert-OH is 1. The van der Waals surface area contributed by atoms with Crippen LogP contribution in [0.5, 0.6) is 0 Å². The summed E-state index contributed by atoms with van der Waals surface area (Å²) in [6.07, 6.45) is 7.01. The highest BCUT2D eigenvalue weighted by Gasteiger charge is 2.28. The van der Waals surface area contributed by atoms with Gasteiger partial charge in [0.2, 0.25) is 0 Å². The molecule has 5 nitrogen and oxygen atoms in total. The summed E-state index contributed by atoms with van der Waals surface area (Å²) in [4.78, 5) is 24.3. The zero-order valence-corrected chi connectivity index (χ0v) is 19.5. The summed E-state index contributed by atoms with van der Waals surface area (Å²) in [7, 11) is 0. The standard InChI is InChI=1S/C25H40O5/c1-6-7-8-9-10-11-12-22(27)29-18-25(5,17-26)19-30-23(28)20-13-15-21(16-14-20)24(2,3)4/h13-16,26H,6-12,17-19H2,1-5H3. The summed E-state index contributed by atoms with van der Waals surface area (Å²) in [5.74, 6) is -0.720. The van der Waals surface area contributed by atoms with Crippen molar-refractivity contribution < 1.29 is 24.2 Å². The number of hydrogen-bond donors (Lipinski definition) is 1. The minimum atomic E-state index is -0.822. The SMILES string of the molecule is CCCCCCCCC(=O)OCC(C)(CO)COC(=O)c1ccc(C(C)(C)C)cc1. The molecule has 0 saturated heterocycles. The highest BCUT2D eigenvalue weighted by molar-refractivity contribution is 5.89. The molecule has 0 aliphatic rings. The quantitative estimate of drug-likeness (QED) is 0.340. The van der Waals surface area contributed by atoms with E-state index in [4.69, 9.17) is 9.47 Å². The van der Waals surface area contributed by atoms with Crippen LogP contribution < -0.4 is 0 Å². The normalized spacial score (nSPS) is 13.5. The topological polar surface area (TPSA) is 72.8 Å². The highest BCUT2D eigenvalue weighted by atomic mass is 16.5. The molecule has 0 amide bonds. The lowest BCUT2D eigenvalue weighted by atomic mass is 9.87. The van der Waals surface area contributed by atoms with Crippen LogP contribution >= 0.6 is 0 Å². The third kappa shape index (κ3) is 9.75. The van der Waals surface area contributed by atoms with E-state index in [2.05, 4.69) is 27.7 Å². The van der Waals surface area contributed by atoms with Gasteiger partial charge in [-0.1, -0.05) is 78.9 Å². The summed E-state index contributed by atoms with van der Waals surface area (Å²) in [5.41, 5.74) is 0.787. The van der Waals surface area contributed by atoms with Crippen LogP contribution in [0.1, 0.15) is 95.5 Å². The van der Waals surface area contributed by atoms with Gasteiger partial charge in [-0.25, -0.2) is 4.79 Å². The first kappa shape index (κ1) is 26.2. The average molecular weight is 421 g/mol. The first-order valence-electron chi connectivity index (χ1n) is 11.2. The molecule has 170 valence electrons. The number of carbonyl (C=O) groups is 2. The summed E-state index contributed by atoms with van der Waals surface area (Å²) < 4.78 is 10.7. The Bertz CT molecular complexity index is 644. The van der Waals surface area contributed by atoms with Crippen molar-refractivity contribution >= 4 is 11.9 Å². The lowest BCUT2D eigenvalue weighted by Gasteiger charge is -2.26. The van der Waals surface area contributed by atoms with Crippen LogP contribution in [0.15, 0.2) is 24.3 Å². The second-order valence-corrected chi connectivity index (χ2v) is 9.55. The third-order valence-electron chi connectivity index (χ3n) is 5.24. The molecule has 0 spiro atoms. The fraction of sp³-hybridized carbons (Fsp3) is 0.680. The van der Waals surface area contributed by atoms with Crippen molar-refractivity contribution in [2.45, 2.75) is 85.0 Å². The average Bonchev–Trinajstić information content (AvgIpc) is 2.72. The third-order valence-corrected chi connectivity index (χ3v) is 5.24. The van der Waals surface area contributed by atoms with Gasteiger partial charge in [0.15, 0.2) is 0 Å². The molecule has 0 aliphatic carbocycles. The molecule has 1 atom stereocenters. The monoisotopic (exact) mass is 420 g/mol. The van der Waals surface area contributed by atoms with E-state index in [9.17, 15) is 14.7 Å². The van der Waals surface area contributed by atoms with Gasteiger partial charge in [0.05, 0.1) is 17.6 Å². The summed E-state index contributed by atoms with van der Waals surface area (Å²) >= 11 is 0. The van der Waals surface area contributed by atoms with Crippen molar-refractivity contribution in [2.75, 3.05) is 19.8 Å². The highest BCUT2D eigenvalue weighted by Crippen LogP contribution is 2.23. The number of rotatable bonds is 13. The Labute approximate surface area is 182 Å². The fourth-order valence-electron chi connectivity index (χ4n) is 2.94. The van der Waals surface area contributed by atoms with Gasteiger partial charge in [0.25, 0.3) is 0 Å². The van der Waals surface area contributed by atoms with Gasteiger partial charge in [0.1, 0.15) is 13.2 Å². The molecule has 0 heterocycles. The van der Waals surface area contributed by atoms with Gasteiger partial charge < -0.3 is 14.6 Å². The number of benzene rings is 1. The predicted octanol–water partition coefficient (Wildman–Crippen LogP) is 5.43. The molecule has 1 N–H and O–H groups in total. The van der Waals surface area contributed by atoms with Crippen molar-refractivity contribution in [3.63, 3.8) is 0 Å². The number of esters is 2. The maximum absolute atomic E-state index is 12.3. The van der Waals surface area contributed by atoms with Gasteiger partial charge in [0, 0.05) is 6.42 Å². The van der Waals surface area contributed by atoms with Crippen molar-refractivity contribution in [1.82, 2.24) is 0 Å². The number of ether oxygens (including phenoxy) is 2. The summed E-state index contributed by atoms with van der Waals surface area (Å²) in [6.45, 7) is 10.0. The zero-order valence-electron chi connectivity index (χ0n) is 19.5. The van der Waals surface area contributed by atoms with Gasteiger partial charge in [-0.3, -0.25) is 4.79 Å². The molecular formula is C25H40O5. The Morgan fingerprint density at radius 1 is 0.867 bits per heavy atom. The van der Waals surface area contributed by atoms with Gasteiger partial charge in [-0.15, -0.1) is 0 Å². The van der Waals surface area contributed by atoms with E-state index in [1.807, 2.05) is 12.1 Å². The lowest BCUT2D eigenvalue weighted by Crippen LogP contribution is -2.35.